The minimum Gasteiger partial charge on any atom is -0.351 e. The maximum atomic E-state index is 5.81. The lowest BCUT2D eigenvalue weighted by Gasteiger charge is -2.48. The van der Waals surface area contributed by atoms with E-state index < -0.39 is 0 Å². The van der Waals surface area contributed by atoms with Crippen molar-refractivity contribution >= 4 is 5.82 Å². The number of rotatable bonds is 3. The predicted molar refractivity (Wildman–Crippen MR) is 86.7 cm³/mol. The zero-order chi connectivity index (χ0) is 15.0. The molecule has 1 aromatic rings. The Bertz CT molecular complexity index is 495. The van der Waals surface area contributed by atoms with Crippen LogP contribution < -0.4 is 10.6 Å². The average Bonchev–Trinajstić information content (AvgIpc) is 2.73. The first-order chi connectivity index (χ1) is 10.1. The maximum absolute atomic E-state index is 5.81. The lowest BCUT2D eigenvalue weighted by Crippen LogP contribution is -2.59. The van der Waals surface area contributed by atoms with Gasteiger partial charge in [-0.3, -0.25) is 9.58 Å². The number of nitrogens with two attached hydrogens (primary N) is 1. The van der Waals surface area contributed by atoms with E-state index >= 15 is 0 Å². The van der Waals surface area contributed by atoms with Gasteiger partial charge in [-0.2, -0.15) is 5.10 Å². The van der Waals surface area contributed by atoms with Crippen molar-refractivity contribution in [2.45, 2.75) is 51.6 Å². The molecule has 2 aliphatic rings. The second-order valence-electron chi connectivity index (χ2n) is 6.70. The lowest BCUT2D eigenvalue weighted by atomic mass is 9.96. The fourth-order valence-corrected chi connectivity index (χ4v) is 4.13. The molecule has 2 fully saturated rings. The topological polar surface area (TPSA) is 50.3 Å². The number of hydrogen-bond donors (Lipinski definition) is 1. The molecule has 3 heterocycles. The number of aromatic nitrogens is 2. The van der Waals surface area contributed by atoms with Crippen LogP contribution in [0.15, 0.2) is 0 Å². The van der Waals surface area contributed by atoms with Crippen LogP contribution >= 0.6 is 0 Å². The molecule has 0 aliphatic carbocycles. The van der Waals surface area contributed by atoms with Crippen LogP contribution in [-0.2, 0) is 13.5 Å². The van der Waals surface area contributed by atoms with E-state index in [2.05, 4.69) is 40.5 Å². The van der Waals surface area contributed by atoms with Gasteiger partial charge in [0.1, 0.15) is 5.82 Å². The zero-order valence-corrected chi connectivity index (χ0v) is 13.7. The quantitative estimate of drug-likeness (QED) is 0.912. The first-order valence-corrected chi connectivity index (χ1v) is 8.35. The highest BCUT2D eigenvalue weighted by atomic mass is 15.4. The molecular weight excluding hydrogens is 262 g/mol. The summed E-state index contributed by atoms with van der Waals surface area (Å²) in [5, 5.41) is 4.65. The van der Waals surface area contributed by atoms with Crippen molar-refractivity contribution in [3.05, 3.63) is 11.3 Å². The van der Waals surface area contributed by atoms with Crippen molar-refractivity contribution in [3.8, 4) is 0 Å². The summed E-state index contributed by atoms with van der Waals surface area (Å²) in [6.07, 6.45) is 5.01. The molecule has 0 amide bonds. The number of piperazine rings is 1. The fourth-order valence-electron chi connectivity index (χ4n) is 4.13. The molecule has 2 aliphatic heterocycles. The Morgan fingerprint density at radius 3 is 2.86 bits per heavy atom. The van der Waals surface area contributed by atoms with Crippen molar-refractivity contribution in [2.75, 3.05) is 31.1 Å². The molecule has 0 bridgehead atoms. The van der Waals surface area contributed by atoms with Crippen LogP contribution in [0, 0.1) is 6.92 Å². The molecule has 5 heteroatoms. The number of aryl methyl sites for hydroxylation is 2. The zero-order valence-electron chi connectivity index (χ0n) is 13.7. The summed E-state index contributed by atoms with van der Waals surface area (Å²) < 4.78 is 2.06. The monoisotopic (exact) mass is 291 g/mol. The molecule has 2 N–H and O–H groups in total. The summed E-state index contributed by atoms with van der Waals surface area (Å²) in [4.78, 5) is 5.27. The molecule has 0 aromatic carbocycles. The van der Waals surface area contributed by atoms with E-state index in [0.29, 0.717) is 12.6 Å². The molecule has 5 nitrogen and oxygen atoms in total. The lowest BCUT2D eigenvalue weighted by molar-refractivity contribution is 0.115. The Hall–Kier alpha value is -1.07. The van der Waals surface area contributed by atoms with Crippen LogP contribution in [0.5, 0.6) is 0 Å². The third kappa shape index (κ3) is 2.69. The van der Waals surface area contributed by atoms with Crippen molar-refractivity contribution in [2.24, 2.45) is 12.8 Å². The molecule has 118 valence electrons. The molecule has 0 radical (unpaired) electrons. The van der Waals surface area contributed by atoms with Crippen molar-refractivity contribution in [1.29, 1.82) is 0 Å². The first-order valence-electron chi connectivity index (χ1n) is 8.35. The fraction of sp³-hybridized carbons (Fsp3) is 0.812. The molecule has 2 saturated heterocycles. The Labute approximate surface area is 128 Å². The highest BCUT2D eigenvalue weighted by Gasteiger charge is 2.35. The molecule has 1 aromatic heterocycles. The van der Waals surface area contributed by atoms with Crippen LogP contribution in [-0.4, -0.2) is 52.9 Å². The van der Waals surface area contributed by atoms with Gasteiger partial charge in [-0.25, -0.2) is 0 Å². The smallest absolute Gasteiger partial charge is 0.130 e. The van der Waals surface area contributed by atoms with E-state index in [1.54, 1.807) is 0 Å². The van der Waals surface area contributed by atoms with Crippen molar-refractivity contribution in [1.82, 2.24) is 14.7 Å². The minimum atomic E-state index is 0.547. The maximum Gasteiger partial charge on any atom is 0.130 e. The van der Waals surface area contributed by atoms with Gasteiger partial charge in [0.15, 0.2) is 0 Å². The number of nitrogens with zero attached hydrogens (tertiary/aromatic N) is 4. The summed E-state index contributed by atoms with van der Waals surface area (Å²) >= 11 is 0. The molecule has 2 atom stereocenters. The molecule has 3 rings (SSSR count). The van der Waals surface area contributed by atoms with Gasteiger partial charge in [-0.15, -0.1) is 0 Å². The number of fused-ring (bicyclic) bond motifs is 1. The van der Waals surface area contributed by atoms with E-state index in [9.17, 15) is 0 Å². The molecular formula is C16H29N5. The van der Waals surface area contributed by atoms with E-state index in [1.165, 1.54) is 43.7 Å². The predicted octanol–water partition coefficient (Wildman–Crippen LogP) is 1.29. The van der Waals surface area contributed by atoms with Gasteiger partial charge in [-0.05, 0) is 46.2 Å². The van der Waals surface area contributed by atoms with Gasteiger partial charge >= 0.3 is 0 Å². The number of anilines is 1. The van der Waals surface area contributed by atoms with Crippen LogP contribution in [0.2, 0.25) is 0 Å². The second kappa shape index (κ2) is 5.97. The van der Waals surface area contributed by atoms with Gasteiger partial charge < -0.3 is 10.6 Å². The SMILES string of the molecule is Cc1nn(C)c(N2CC3CCCCN3CC2C)c1CCN. The van der Waals surface area contributed by atoms with E-state index in [4.69, 9.17) is 5.73 Å². The van der Waals surface area contributed by atoms with Gasteiger partial charge in [-0.1, -0.05) is 6.42 Å². The molecule has 21 heavy (non-hydrogen) atoms. The largest absolute Gasteiger partial charge is 0.351 e. The highest BCUT2D eigenvalue weighted by Crippen LogP contribution is 2.31. The Morgan fingerprint density at radius 1 is 1.29 bits per heavy atom. The van der Waals surface area contributed by atoms with Crippen LogP contribution in [0.25, 0.3) is 0 Å². The Morgan fingerprint density at radius 2 is 2.10 bits per heavy atom. The van der Waals surface area contributed by atoms with Crippen LogP contribution in [0.1, 0.15) is 37.4 Å². The highest BCUT2D eigenvalue weighted by molar-refractivity contribution is 5.52. The second-order valence-corrected chi connectivity index (χ2v) is 6.70. The third-order valence-electron chi connectivity index (χ3n) is 5.17. The van der Waals surface area contributed by atoms with E-state index in [1.807, 2.05) is 0 Å². The molecule has 0 spiro atoms. The minimum absolute atomic E-state index is 0.547. The summed E-state index contributed by atoms with van der Waals surface area (Å²) in [6, 6.07) is 1.27. The molecule has 2 unspecified atom stereocenters. The van der Waals surface area contributed by atoms with Crippen LogP contribution in [0.3, 0.4) is 0 Å². The number of piperidine rings is 1. The Balaban J connectivity index is 1.89. The van der Waals surface area contributed by atoms with Crippen LogP contribution in [0.4, 0.5) is 5.82 Å². The van der Waals surface area contributed by atoms with Gasteiger partial charge in [0.05, 0.1) is 5.69 Å². The Kier molecular flexibility index (Phi) is 4.22. The number of hydrogen-bond acceptors (Lipinski definition) is 4. The average molecular weight is 291 g/mol. The van der Waals surface area contributed by atoms with Gasteiger partial charge in [0, 0.05) is 37.8 Å². The van der Waals surface area contributed by atoms with E-state index in [0.717, 1.165) is 24.7 Å². The third-order valence-corrected chi connectivity index (χ3v) is 5.17. The van der Waals surface area contributed by atoms with Gasteiger partial charge in [0.2, 0.25) is 0 Å². The van der Waals surface area contributed by atoms with E-state index in [-0.39, 0.29) is 0 Å². The summed E-state index contributed by atoms with van der Waals surface area (Å²) in [5.41, 5.74) is 8.29. The van der Waals surface area contributed by atoms with Crippen molar-refractivity contribution in [3.63, 3.8) is 0 Å². The molecule has 0 saturated carbocycles. The van der Waals surface area contributed by atoms with Crippen molar-refractivity contribution < 1.29 is 0 Å². The first kappa shape index (κ1) is 14.9. The standard InChI is InChI=1S/C16H29N5/c1-12-10-20-9-5-4-6-14(20)11-21(12)16-15(7-8-17)13(2)18-19(16)3/h12,14H,4-11,17H2,1-3H3. The summed E-state index contributed by atoms with van der Waals surface area (Å²) in [7, 11) is 2.07. The summed E-state index contributed by atoms with van der Waals surface area (Å²) in [5.74, 6) is 1.30. The normalized spacial score (nSPS) is 27.0. The van der Waals surface area contributed by atoms with Gasteiger partial charge in [0.25, 0.3) is 0 Å². The summed E-state index contributed by atoms with van der Waals surface area (Å²) in [6.45, 7) is 8.74.